The molecule has 2 saturated carbocycles. The molecular formula is C7H12FN. The summed E-state index contributed by atoms with van der Waals surface area (Å²) < 4.78 is 13.3. The van der Waals surface area contributed by atoms with Crippen LogP contribution in [0.15, 0.2) is 0 Å². The lowest BCUT2D eigenvalue weighted by molar-refractivity contribution is 0.0210. The fourth-order valence-corrected chi connectivity index (χ4v) is 1.75. The van der Waals surface area contributed by atoms with E-state index in [1.165, 1.54) is 0 Å². The van der Waals surface area contributed by atoms with Gasteiger partial charge in [0, 0.05) is 6.04 Å². The van der Waals surface area contributed by atoms with Crippen molar-refractivity contribution in [2.24, 2.45) is 11.7 Å². The van der Waals surface area contributed by atoms with Crippen LogP contribution in [0, 0.1) is 5.92 Å². The van der Waals surface area contributed by atoms with Gasteiger partial charge in [0.05, 0.1) is 0 Å². The molecule has 0 aromatic heterocycles. The van der Waals surface area contributed by atoms with Crippen LogP contribution in [0.4, 0.5) is 4.39 Å². The van der Waals surface area contributed by atoms with E-state index in [1.807, 2.05) is 0 Å². The maximum atomic E-state index is 13.3. The summed E-state index contributed by atoms with van der Waals surface area (Å²) in [4.78, 5) is 0. The first-order valence-corrected chi connectivity index (χ1v) is 3.65. The Morgan fingerprint density at radius 1 is 1.33 bits per heavy atom. The minimum atomic E-state index is -0.820. The first kappa shape index (κ1) is 5.66. The lowest BCUT2D eigenvalue weighted by Crippen LogP contribution is -2.49. The molecule has 2 aliphatic carbocycles. The third kappa shape index (κ3) is 0.767. The van der Waals surface area contributed by atoms with E-state index in [2.05, 4.69) is 0 Å². The van der Waals surface area contributed by atoms with Crippen molar-refractivity contribution in [3.05, 3.63) is 0 Å². The molecule has 0 heterocycles. The first-order chi connectivity index (χ1) is 4.21. The van der Waals surface area contributed by atoms with Gasteiger partial charge in [0.1, 0.15) is 5.67 Å². The van der Waals surface area contributed by atoms with Crippen molar-refractivity contribution >= 4 is 0 Å². The summed E-state index contributed by atoms with van der Waals surface area (Å²) in [5.41, 5.74) is 4.66. The van der Waals surface area contributed by atoms with Gasteiger partial charge >= 0.3 is 0 Å². The van der Waals surface area contributed by atoms with Crippen LogP contribution in [0.1, 0.15) is 25.7 Å². The molecule has 0 atom stereocenters. The molecule has 2 fully saturated rings. The second kappa shape index (κ2) is 1.48. The lowest BCUT2D eigenvalue weighted by Gasteiger charge is -2.39. The highest BCUT2D eigenvalue weighted by Crippen LogP contribution is 2.52. The van der Waals surface area contributed by atoms with Gasteiger partial charge < -0.3 is 5.73 Å². The third-order valence-corrected chi connectivity index (χ3v) is 2.51. The van der Waals surface area contributed by atoms with Gasteiger partial charge in [-0.3, -0.25) is 0 Å². The van der Waals surface area contributed by atoms with Gasteiger partial charge in [-0.15, -0.1) is 0 Å². The second-order valence-electron chi connectivity index (χ2n) is 3.48. The maximum absolute atomic E-state index is 13.3. The van der Waals surface area contributed by atoms with Crippen molar-refractivity contribution < 1.29 is 4.39 Å². The fraction of sp³-hybridized carbons (Fsp3) is 1.00. The third-order valence-electron chi connectivity index (χ3n) is 2.51. The zero-order valence-corrected chi connectivity index (χ0v) is 5.44. The van der Waals surface area contributed by atoms with Crippen molar-refractivity contribution in [1.29, 1.82) is 0 Å². The molecule has 2 rings (SSSR count). The Bertz CT molecular complexity index is 125. The first-order valence-electron chi connectivity index (χ1n) is 3.65. The molecule has 52 valence electrons. The van der Waals surface area contributed by atoms with Gasteiger partial charge in [-0.25, -0.2) is 4.39 Å². The van der Waals surface area contributed by atoms with Crippen molar-refractivity contribution in [3.63, 3.8) is 0 Å². The zero-order valence-electron chi connectivity index (χ0n) is 5.44. The van der Waals surface area contributed by atoms with Crippen molar-refractivity contribution in [2.75, 3.05) is 0 Å². The highest BCUT2D eigenvalue weighted by molar-refractivity contribution is 5.05. The largest absolute Gasteiger partial charge is 0.327 e. The molecule has 0 aromatic rings. The Morgan fingerprint density at radius 2 is 1.89 bits per heavy atom. The summed E-state index contributed by atoms with van der Waals surface area (Å²) in [5, 5.41) is 0. The van der Waals surface area contributed by atoms with Crippen LogP contribution < -0.4 is 5.73 Å². The van der Waals surface area contributed by atoms with Crippen molar-refractivity contribution in [2.45, 2.75) is 37.4 Å². The average Bonchev–Trinajstić information content (AvgIpc) is 2.39. The number of hydrogen-bond donors (Lipinski definition) is 1. The van der Waals surface area contributed by atoms with Crippen LogP contribution >= 0.6 is 0 Å². The number of rotatable bonds is 1. The molecule has 0 radical (unpaired) electrons. The van der Waals surface area contributed by atoms with Crippen LogP contribution in [0.5, 0.6) is 0 Å². The number of halogens is 1. The Labute approximate surface area is 54.4 Å². The Morgan fingerprint density at radius 3 is 2.22 bits per heavy atom. The Hall–Kier alpha value is -0.110. The molecular weight excluding hydrogens is 117 g/mol. The monoisotopic (exact) mass is 129 g/mol. The zero-order chi connectivity index (χ0) is 6.48. The minimum Gasteiger partial charge on any atom is -0.327 e. The van der Waals surface area contributed by atoms with Gasteiger partial charge in [-0.1, -0.05) is 0 Å². The standard InChI is InChI=1S/C7H12FN/c8-7(5-1-2-5)3-6(9)4-7/h5-6H,1-4,9H2. The minimum absolute atomic E-state index is 0.163. The predicted molar refractivity (Wildman–Crippen MR) is 33.8 cm³/mol. The van der Waals surface area contributed by atoms with E-state index in [0.717, 1.165) is 12.8 Å². The quantitative estimate of drug-likeness (QED) is 0.566. The van der Waals surface area contributed by atoms with Gasteiger partial charge in [-0.2, -0.15) is 0 Å². The highest BCUT2D eigenvalue weighted by Gasteiger charge is 2.53. The Balaban J connectivity index is 1.94. The second-order valence-corrected chi connectivity index (χ2v) is 3.48. The summed E-state index contributed by atoms with van der Waals surface area (Å²) in [5.74, 6) is 0.386. The highest BCUT2D eigenvalue weighted by atomic mass is 19.1. The van der Waals surface area contributed by atoms with Crippen LogP contribution in [0.3, 0.4) is 0 Å². The SMILES string of the molecule is NC1CC(F)(C2CC2)C1. The molecule has 0 aliphatic heterocycles. The smallest absolute Gasteiger partial charge is 0.116 e. The molecule has 0 bridgehead atoms. The number of hydrogen-bond acceptors (Lipinski definition) is 1. The lowest BCUT2D eigenvalue weighted by atomic mass is 9.74. The average molecular weight is 129 g/mol. The molecule has 0 saturated heterocycles. The van der Waals surface area contributed by atoms with E-state index in [-0.39, 0.29) is 6.04 Å². The fourth-order valence-electron chi connectivity index (χ4n) is 1.75. The molecule has 1 nitrogen and oxygen atoms in total. The summed E-state index contributed by atoms with van der Waals surface area (Å²) in [6, 6.07) is 0.163. The Kier molecular flexibility index (Phi) is 0.933. The maximum Gasteiger partial charge on any atom is 0.116 e. The van der Waals surface area contributed by atoms with Gasteiger partial charge in [0.15, 0.2) is 0 Å². The normalized spacial score (nSPS) is 50.7. The van der Waals surface area contributed by atoms with Crippen molar-refractivity contribution in [3.8, 4) is 0 Å². The predicted octanol–water partition coefficient (Wildman–Crippen LogP) is 1.23. The molecule has 2 heteroatoms. The molecule has 0 amide bonds. The van der Waals surface area contributed by atoms with Crippen LogP contribution in [-0.2, 0) is 0 Å². The molecule has 9 heavy (non-hydrogen) atoms. The van der Waals surface area contributed by atoms with Gasteiger partial charge in [0.25, 0.3) is 0 Å². The van der Waals surface area contributed by atoms with Gasteiger partial charge in [-0.05, 0) is 31.6 Å². The van der Waals surface area contributed by atoms with Gasteiger partial charge in [0.2, 0.25) is 0 Å². The summed E-state index contributed by atoms with van der Waals surface area (Å²) in [6.07, 6.45) is 3.45. The number of alkyl halides is 1. The number of nitrogens with two attached hydrogens (primary N) is 1. The van der Waals surface area contributed by atoms with E-state index in [0.29, 0.717) is 18.8 Å². The van der Waals surface area contributed by atoms with Crippen molar-refractivity contribution in [1.82, 2.24) is 0 Å². The molecule has 2 aliphatic rings. The molecule has 0 unspecified atom stereocenters. The molecule has 0 aromatic carbocycles. The van der Waals surface area contributed by atoms with E-state index < -0.39 is 5.67 Å². The summed E-state index contributed by atoms with van der Waals surface area (Å²) >= 11 is 0. The summed E-state index contributed by atoms with van der Waals surface area (Å²) in [6.45, 7) is 0. The summed E-state index contributed by atoms with van der Waals surface area (Å²) in [7, 11) is 0. The van der Waals surface area contributed by atoms with E-state index in [1.54, 1.807) is 0 Å². The van der Waals surface area contributed by atoms with E-state index in [4.69, 9.17) is 5.73 Å². The topological polar surface area (TPSA) is 26.0 Å². The van der Waals surface area contributed by atoms with Crippen LogP contribution in [-0.4, -0.2) is 11.7 Å². The van der Waals surface area contributed by atoms with Crippen LogP contribution in [0.25, 0.3) is 0 Å². The van der Waals surface area contributed by atoms with Crippen LogP contribution in [0.2, 0.25) is 0 Å². The van der Waals surface area contributed by atoms with E-state index in [9.17, 15) is 4.39 Å². The molecule has 2 N–H and O–H groups in total. The molecule has 0 spiro atoms. The van der Waals surface area contributed by atoms with E-state index >= 15 is 0 Å².